The molecule has 0 bridgehead atoms. The van der Waals surface area contributed by atoms with E-state index < -0.39 is 0 Å². The van der Waals surface area contributed by atoms with Crippen LogP contribution in [0.25, 0.3) is 11.5 Å². The van der Waals surface area contributed by atoms with Gasteiger partial charge in [-0.15, -0.1) is 35.0 Å². The molecule has 0 aliphatic rings. The fourth-order valence-electron chi connectivity index (χ4n) is 0.947. The number of rotatable bonds is 2. The van der Waals surface area contributed by atoms with Gasteiger partial charge < -0.3 is 10.2 Å². The monoisotopic (exact) mass is 248 g/mol. The lowest BCUT2D eigenvalue weighted by Crippen LogP contribution is -1.95. The van der Waals surface area contributed by atoms with Crippen molar-refractivity contribution in [3.63, 3.8) is 0 Å². The number of aromatic nitrogens is 3. The predicted octanol–water partition coefficient (Wildman–Crippen LogP) is 1.43. The molecule has 5 nitrogen and oxygen atoms in total. The Labute approximate surface area is 98.9 Å². The maximum Gasteiger partial charge on any atom is 0.247 e. The van der Waals surface area contributed by atoms with Gasteiger partial charge in [-0.2, -0.15) is 0 Å². The SMILES string of the molecule is Cl.Cl.NCc1nnc(-c2ccncc2)o1. The summed E-state index contributed by atoms with van der Waals surface area (Å²) in [5.41, 5.74) is 6.18. The van der Waals surface area contributed by atoms with E-state index in [0.717, 1.165) is 5.56 Å². The summed E-state index contributed by atoms with van der Waals surface area (Å²) in [6.07, 6.45) is 3.34. The first-order valence-corrected chi connectivity index (χ1v) is 3.83. The zero-order valence-corrected chi connectivity index (χ0v) is 9.29. The Morgan fingerprint density at radius 3 is 2.33 bits per heavy atom. The largest absolute Gasteiger partial charge is 0.419 e. The Balaban J connectivity index is 0.000000980. The van der Waals surface area contributed by atoms with Crippen molar-refractivity contribution in [3.05, 3.63) is 30.4 Å². The molecule has 2 N–H and O–H groups in total. The van der Waals surface area contributed by atoms with Gasteiger partial charge in [0.25, 0.3) is 0 Å². The van der Waals surface area contributed by atoms with E-state index in [0.29, 0.717) is 11.8 Å². The van der Waals surface area contributed by atoms with Crippen molar-refractivity contribution in [2.75, 3.05) is 0 Å². The second-order valence-corrected chi connectivity index (χ2v) is 2.44. The quantitative estimate of drug-likeness (QED) is 0.871. The van der Waals surface area contributed by atoms with Crippen LogP contribution in [-0.2, 0) is 6.54 Å². The van der Waals surface area contributed by atoms with Crippen molar-refractivity contribution in [3.8, 4) is 11.5 Å². The molecule has 0 saturated carbocycles. The molecule has 2 aromatic heterocycles. The van der Waals surface area contributed by atoms with E-state index in [9.17, 15) is 0 Å². The van der Waals surface area contributed by atoms with Gasteiger partial charge in [-0.25, -0.2) is 0 Å². The summed E-state index contributed by atoms with van der Waals surface area (Å²) in [7, 11) is 0. The Bertz CT molecular complexity index is 393. The van der Waals surface area contributed by atoms with Gasteiger partial charge in [0.2, 0.25) is 11.8 Å². The highest BCUT2D eigenvalue weighted by Gasteiger charge is 2.05. The third-order valence-corrected chi connectivity index (χ3v) is 1.57. The minimum Gasteiger partial charge on any atom is -0.419 e. The molecule has 0 aromatic carbocycles. The maximum atomic E-state index is 5.33. The third-order valence-electron chi connectivity index (χ3n) is 1.57. The van der Waals surface area contributed by atoms with Crippen LogP contribution in [0.2, 0.25) is 0 Å². The molecular formula is C8H10Cl2N4O. The van der Waals surface area contributed by atoms with Gasteiger partial charge >= 0.3 is 0 Å². The van der Waals surface area contributed by atoms with Crippen molar-refractivity contribution >= 4 is 24.8 Å². The molecule has 0 unspecified atom stereocenters. The fourth-order valence-corrected chi connectivity index (χ4v) is 0.947. The number of halogens is 2. The van der Waals surface area contributed by atoms with E-state index in [-0.39, 0.29) is 31.4 Å². The molecule has 0 spiro atoms. The van der Waals surface area contributed by atoms with Crippen LogP contribution in [0.5, 0.6) is 0 Å². The lowest BCUT2D eigenvalue weighted by atomic mass is 10.3. The van der Waals surface area contributed by atoms with Crippen molar-refractivity contribution in [2.24, 2.45) is 5.73 Å². The Morgan fingerprint density at radius 2 is 1.80 bits per heavy atom. The summed E-state index contributed by atoms with van der Waals surface area (Å²) in [5.74, 6) is 0.912. The highest BCUT2D eigenvalue weighted by molar-refractivity contribution is 5.85. The summed E-state index contributed by atoms with van der Waals surface area (Å²) >= 11 is 0. The van der Waals surface area contributed by atoms with E-state index in [1.165, 1.54) is 0 Å². The Hall–Kier alpha value is -1.17. The first-order chi connectivity index (χ1) is 6.40. The predicted molar refractivity (Wildman–Crippen MR) is 59.9 cm³/mol. The number of nitrogens with two attached hydrogens (primary N) is 1. The van der Waals surface area contributed by atoms with Crippen LogP contribution in [-0.4, -0.2) is 15.2 Å². The standard InChI is InChI=1S/C8H8N4O.2ClH/c9-5-7-11-12-8(13-7)6-1-3-10-4-2-6;;/h1-4H,5,9H2;2*1H. The third kappa shape index (κ3) is 3.16. The van der Waals surface area contributed by atoms with Crippen molar-refractivity contribution < 1.29 is 4.42 Å². The zero-order chi connectivity index (χ0) is 9.10. The molecule has 82 valence electrons. The van der Waals surface area contributed by atoms with Crippen molar-refractivity contribution in [1.82, 2.24) is 15.2 Å². The lowest BCUT2D eigenvalue weighted by Gasteiger charge is -1.90. The van der Waals surface area contributed by atoms with Crippen LogP contribution in [0.4, 0.5) is 0 Å². The number of hydrogen-bond acceptors (Lipinski definition) is 5. The highest BCUT2D eigenvalue weighted by atomic mass is 35.5. The number of nitrogens with zero attached hydrogens (tertiary/aromatic N) is 3. The van der Waals surface area contributed by atoms with Gasteiger partial charge in [-0.1, -0.05) is 0 Å². The first-order valence-electron chi connectivity index (χ1n) is 3.83. The van der Waals surface area contributed by atoms with E-state index >= 15 is 0 Å². The van der Waals surface area contributed by atoms with Gasteiger partial charge in [0.1, 0.15) is 0 Å². The minimum atomic E-state index is 0. The molecule has 0 radical (unpaired) electrons. The topological polar surface area (TPSA) is 77.8 Å². The maximum absolute atomic E-state index is 5.33. The summed E-state index contributed by atoms with van der Waals surface area (Å²) in [6, 6.07) is 3.60. The lowest BCUT2D eigenvalue weighted by molar-refractivity contribution is 0.508. The van der Waals surface area contributed by atoms with Crippen molar-refractivity contribution in [2.45, 2.75) is 6.54 Å². The summed E-state index contributed by atoms with van der Waals surface area (Å²) in [6.45, 7) is 0.262. The first kappa shape index (κ1) is 13.8. The van der Waals surface area contributed by atoms with E-state index in [4.69, 9.17) is 10.2 Å². The van der Waals surface area contributed by atoms with Crippen LogP contribution < -0.4 is 5.73 Å². The van der Waals surface area contributed by atoms with Crippen LogP contribution in [0.3, 0.4) is 0 Å². The highest BCUT2D eigenvalue weighted by Crippen LogP contribution is 2.15. The molecule has 2 heterocycles. The van der Waals surface area contributed by atoms with Gasteiger partial charge in [-0.3, -0.25) is 4.98 Å². The average Bonchev–Trinajstić information content (AvgIpc) is 2.67. The Kier molecular flexibility index (Phi) is 5.84. The van der Waals surface area contributed by atoms with Gasteiger partial charge in [0.15, 0.2) is 0 Å². The van der Waals surface area contributed by atoms with Crippen LogP contribution in [0, 0.1) is 0 Å². The second-order valence-electron chi connectivity index (χ2n) is 2.44. The van der Waals surface area contributed by atoms with E-state index in [2.05, 4.69) is 15.2 Å². The summed E-state index contributed by atoms with van der Waals surface area (Å²) in [4.78, 5) is 3.88. The fraction of sp³-hybridized carbons (Fsp3) is 0.125. The van der Waals surface area contributed by atoms with Crippen molar-refractivity contribution in [1.29, 1.82) is 0 Å². The van der Waals surface area contributed by atoms with Gasteiger partial charge in [0, 0.05) is 18.0 Å². The zero-order valence-electron chi connectivity index (χ0n) is 7.66. The molecule has 0 amide bonds. The molecule has 0 atom stereocenters. The van der Waals surface area contributed by atoms with Crippen LogP contribution >= 0.6 is 24.8 Å². The molecule has 7 heteroatoms. The molecule has 2 aromatic rings. The molecule has 0 saturated heterocycles. The molecular weight excluding hydrogens is 239 g/mol. The molecule has 0 fully saturated rings. The van der Waals surface area contributed by atoms with Gasteiger partial charge in [0.05, 0.1) is 6.54 Å². The Morgan fingerprint density at radius 1 is 1.13 bits per heavy atom. The van der Waals surface area contributed by atoms with Gasteiger partial charge in [-0.05, 0) is 12.1 Å². The molecule has 0 aliphatic heterocycles. The molecule has 0 aliphatic carbocycles. The van der Waals surface area contributed by atoms with Crippen LogP contribution in [0.1, 0.15) is 5.89 Å². The molecule has 2 rings (SSSR count). The smallest absolute Gasteiger partial charge is 0.247 e. The minimum absolute atomic E-state index is 0. The number of hydrogen-bond donors (Lipinski definition) is 1. The number of pyridine rings is 1. The van der Waals surface area contributed by atoms with E-state index in [1.54, 1.807) is 24.5 Å². The summed E-state index contributed by atoms with van der Waals surface area (Å²) in [5, 5.41) is 7.58. The second kappa shape index (κ2) is 6.34. The average molecular weight is 249 g/mol. The normalized spacial score (nSPS) is 8.87. The summed E-state index contributed by atoms with van der Waals surface area (Å²) < 4.78 is 5.24. The molecule has 15 heavy (non-hydrogen) atoms. The van der Waals surface area contributed by atoms with Crippen LogP contribution in [0.15, 0.2) is 28.9 Å². The van der Waals surface area contributed by atoms with E-state index in [1.807, 2.05) is 0 Å².